The van der Waals surface area contributed by atoms with E-state index in [-0.39, 0.29) is 5.69 Å². The summed E-state index contributed by atoms with van der Waals surface area (Å²) in [6.45, 7) is 1.09. The molecule has 0 N–H and O–H groups in total. The predicted octanol–water partition coefficient (Wildman–Crippen LogP) is 3.94. The second kappa shape index (κ2) is 5.11. The van der Waals surface area contributed by atoms with Crippen molar-refractivity contribution in [1.29, 1.82) is 0 Å². The van der Waals surface area contributed by atoms with Crippen LogP contribution in [-0.2, 0) is 0 Å². The Balaban J connectivity index is 2.90. The van der Waals surface area contributed by atoms with Crippen molar-refractivity contribution < 1.29 is 26.7 Å². The number of ether oxygens (including phenoxy) is 1. The molecule has 0 unspecified atom stereocenters. The average molecular weight is 253 g/mol. The molecule has 0 heterocycles. The molecule has 94 valence electrons. The van der Waals surface area contributed by atoms with Crippen molar-refractivity contribution in [1.82, 2.24) is 0 Å². The van der Waals surface area contributed by atoms with Crippen LogP contribution < -0.4 is 4.74 Å². The lowest BCUT2D eigenvalue weighted by molar-refractivity contribution is -0.274. The molecule has 1 rings (SSSR count). The van der Waals surface area contributed by atoms with Gasteiger partial charge in [0.05, 0.1) is 11.4 Å². The molecule has 0 radical (unpaired) electrons. The van der Waals surface area contributed by atoms with Crippen molar-refractivity contribution in [3.63, 3.8) is 0 Å². The number of benzene rings is 1. The lowest BCUT2D eigenvalue weighted by Crippen LogP contribution is -2.16. The van der Waals surface area contributed by atoms with E-state index in [0.29, 0.717) is 0 Å². The first-order valence-electron chi connectivity index (χ1n) is 4.47. The van der Waals surface area contributed by atoms with E-state index in [0.717, 1.165) is 19.1 Å². The zero-order valence-electron chi connectivity index (χ0n) is 8.63. The average Bonchev–Trinajstić information content (AvgIpc) is 2.15. The third-order valence-electron chi connectivity index (χ3n) is 1.67. The zero-order chi connectivity index (χ0) is 13.1. The van der Waals surface area contributed by atoms with Crippen molar-refractivity contribution in [3.05, 3.63) is 24.3 Å². The van der Waals surface area contributed by atoms with E-state index in [2.05, 4.69) is 9.73 Å². The maximum absolute atomic E-state index is 12.1. The molecule has 7 heteroatoms. The van der Waals surface area contributed by atoms with E-state index in [1.165, 1.54) is 12.1 Å². The summed E-state index contributed by atoms with van der Waals surface area (Å²) in [6, 6.07) is 4.53. The fourth-order valence-electron chi connectivity index (χ4n) is 1.00. The predicted molar refractivity (Wildman–Crippen MR) is 51.9 cm³/mol. The first-order valence-corrected chi connectivity index (χ1v) is 4.47. The monoisotopic (exact) mass is 253 g/mol. The topological polar surface area (TPSA) is 21.6 Å². The maximum atomic E-state index is 12.1. The molecule has 0 saturated heterocycles. The van der Waals surface area contributed by atoms with Gasteiger partial charge < -0.3 is 4.74 Å². The molecule has 0 spiro atoms. The van der Waals surface area contributed by atoms with Gasteiger partial charge in [0.25, 0.3) is 6.43 Å². The van der Waals surface area contributed by atoms with Crippen molar-refractivity contribution in [2.24, 2.45) is 4.99 Å². The first-order chi connectivity index (χ1) is 7.78. The molecule has 0 amide bonds. The van der Waals surface area contributed by atoms with Gasteiger partial charge in [-0.25, -0.2) is 8.78 Å². The summed E-state index contributed by atoms with van der Waals surface area (Å²) in [7, 11) is 0. The number of aliphatic imine (C=N–C) groups is 1. The number of nitrogens with zero attached hydrogens (tertiary/aromatic N) is 1. The van der Waals surface area contributed by atoms with Crippen LogP contribution in [0.15, 0.2) is 29.3 Å². The molecule has 17 heavy (non-hydrogen) atoms. The summed E-state index contributed by atoms with van der Waals surface area (Å²) in [5, 5.41) is 0. The standard InChI is InChI=1S/C10H8F5NO/c1-6(9(11)12)16-7-3-2-4-8(5-7)17-10(13,14)15/h2-5,9H,1H3/b16-6+. The molecule has 1 aromatic rings. The van der Waals surface area contributed by atoms with Crippen LogP contribution >= 0.6 is 0 Å². The Morgan fingerprint density at radius 2 is 1.94 bits per heavy atom. The quantitative estimate of drug-likeness (QED) is 0.590. The summed E-state index contributed by atoms with van der Waals surface area (Å²) >= 11 is 0. The number of alkyl halides is 5. The van der Waals surface area contributed by atoms with E-state index in [4.69, 9.17) is 0 Å². The fourth-order valence-corrected chi connectivity index (χ4v) is 1.00. The van der Waals surface area contributed by atoms with E-state index >= 15 is 0 Å². The third-order valence-corrected chi connectivity index (χ3v) is 1.67. The lowest BCUT2D eigenvalue weighted by Gasteiger charge is -2.08. The molecule has 0 aliphatic carbocycles. The van der Waals surface area contributed by atoms with Crippen LogP contribution in [0.3, 0.4) is 0 Å². The summed E-state index contributed by atoms with van der Waals surface area (Å²) in [5.74, 6) is -0.499. The number of hydrogen-bond donors (Lipinski definition) is 0. The van der Waals surface area contributed by atoms with E-state index < -0.39 is 24.2 Å². The van der Waals surface area contributed by atoms with Crippen LogP contribution in [0.4, 0.5) is 27.6 Å². The number of hydrogen-bond acceptors (Lipinski definition) is 2. The van der Waals surface area contributed by atoms with E-state index in [1.54, 1.807) is 0 Å². The summed E-state index contributed by atoms with van der Waals surface area (Å²) in [4.78, 5) is 3.47. The minimum Gasteiger partial charge on any atom is -0.406 e. The van der Waals surface area contributed by atoms with Gasteiger partial charge in [-0.15, -0.1) is 13.2 Å². The molecule has 1 aromatic carbocycles. The minimum absolute atomic E-state index is 0.0236. The number of halogens is 5. The second-order valence-electron chi connectivity index (χ2n) is 3.10. The second-order valence-corrected chi connectivity index (χ2v) is 3.10. The largest absolute Gasteiger partial charge is 0.573 e. The van der Waals surface area contributed by atoms with Gasteiger partial charge >= 0.3 is 6.36 Å². The minimum atomic E-state index is -4.82. The van der Waals surface area contributed by atoms with Gasteiger partial charge in [0, 0.05) is 6.07 Å². The summed E-state index contributed by atoms with van der Waals surface area (Å²) in [5.41, 5.74) is -0.501. The highest BCUT2D eigenvalue weighted by Crippen LogP contribution is 2.26. The maximum Gasteiger partial charge on any atom is 0.573 e. The van der Waals surface area contributed by atoms with Gasteiger partial charge in [0.15, 0.2) is 0 Å². The molecule has 0 aliphatic rings. The Bertz CT molecular complexity index is 413. The van der Waals surface area contributed by atoms with Gasteiger partial charge in [-0.05, 0) is 19.1 Å². The Hall–Kier alpha value is -1.66. The summed E-state index contributed by atoms with van der Waals surface area (Å²) in [6.07, 6.45) is -7.57. The van der Waals surface area contributed by atoms with Gasteiger partial charge in [0.2, 0.25) is 0 Å². The Labute approximate surface area is 93.7 Å². The van der Waals surface area contributed by atoms with Crippen LogP contribution in [0.25, 0.3) is 0 Å². The van der Waals surface area contributed by atoms with Crippen LogP contribution in [0.2, 0.25) is 0 Å². The van der Waals surface area contributed by atoms with E-state index in [1.807, 2.05) is 0 Å². The van der Waals surface area contributed by atoms with Crippen molar-refractivity contribution >= 4 is 11.4 Å². The first kappa shape index (κ1) is 13.4. The van der Waals surface area contributed by atoms with Gasteiger partial charge in [-0.1, -0.05) is 6.07 Å². The Morgan fingerprint density at radius 3 is 2.47 bits per heavy atom. The van der Waals surface area contributed by atoms with Gasteiger partial charge in [-0.3, -0.25) is 4.99 Å². The third kappa shape index (κ3) is 4.80. The molecule has 0 bridgehead atoms. The lowest BCUT2D eigenvalue weighted by atomic mass is 10.3. The van der Waals surface area contributed by atoms with E-state index in [9.17, 15) is 22.0 Å². The van der Waals surface area contributed by atoms with Gasteiger partial charge in [-0.2, -0.15) is 0 Å². The highest BCUT2D eigenvalue weighted by molar-refractivity contribution is 5.87. The fraction of sp³-hybridized carbons (Fsp3) is 0.300. The number of rotatable bonds is 3. The molecule has 2 nitrogen and oxygen atoms in total. The highest BCUT2D eigenvalue weighted by Gasteiger charge is 2.31. The zero-order valence-corrected chi connectivity index (χ0v) is 8.63. The van der Waals surface area contributed by atoms with Crippen molar-refractivity contribution in [3.8, 4) is 5.75 Å². The molecule has 0 aliphatic heterocycles. The molecule has 0 saturated carbocycles. The normalized spacial score (nSPS) is 13.0. The van der Waals surface area contributed by atoms with Crippen molar-refractivity contribution in [2.75, 3.05) is 0 Å². The molecule has 0 aromatic heterocycles. The highest BCUT2D eigenvalue weighted by atomic mass is 19.4. The van der Waals surface area contributed by atoms with Gasteiger partial charge in [0.1, 0.15) is 5.75 Å². The van der Waals surface area contributed by atoms with Crippen LogP contribution in [-0.4, -0.2) is 18.5 Å². The van der Waals surface area contributed by atoms with Crippen molar-refractivity contribution in [2.45, 2.75) is 19.7 Å². The Morgan fingerprint density at radius 1 is 1.29 bits per heavy atom. The molecular formula is C10H8F5NO. The van der Waals surface area contributed by atoms with Crippen LogP contribution in [0.1, 0.15) is 6.92 Å². The molecular weight excluding hydrogens is 245 g/mol. The SMILES string of the molecule is C/C(=N\c1cccc(OC(F)(F)F)c1)C(F)F. The molecule has 0 atom stereocenters. The van der Waals surface area contributed by atoms with Crippen LogP contribution in [0, 0.1) is 0 Å². The Kier molecular flexibility index (Phi) is 4.03. The smallest absolute Gasteiger partial charge is 0.406 e. The van der Waals surface area contributed by atoms with Crippen LogP contribution in [0.5, 0.6) is 5.75 Å². The molecule has 0 fully saturated rings. The summed E-state index contributed by atoms with van der Waals surface area (Å²) < 4.78 is 63.6.